The van der Waals surface area contributed by atoms with Gasteiger partial charge in [0.2, 0.25) is 0 Å². The molecule has 0 aromatic carbocycles. The summed E-state index contributed by atoms with van der Waals surface area (Å²) in [6.07, 6.45) is 2.96. The van der Waals surface area contributed by atoms with Gasteiger partial charge in [-0.05, 0) is 19.8 Å². The highest BCUT2D eigenvalue weighted by atomic mass is 32.2. The van der Waals surface area contributed by atoms with E-state index in [1.54, 1.807) is 6.92 Å². The van der Waals surface area contributed by atoms with Gasteiger partial charge >= 0.3 is 12.0 Å². The summed E-state index contributed by atoms with van der Waals surface area (Å²) in [6, 6.07) is -1.55. The summed E-state index contributed by atoms with van der Waals surface area (Å²) in [7, 11) is -3.09. The third-order valence-electron chi connectivity index (χ3n) is 4.20. The van der Waals surface area contributed by atoms with Crippen LogP contribution in [0.15, 0.2) is 0 Å². The van der Waals surface area contributed by atoms with Gasteiger partial charge in [-0.3, -0.25) is 0 Å². The van der Waals surface area contributed by atoms with E-state index >= 15 is 0 Å². The molecule has 120 valence electrons. The van der Waals surface area contributed by atoms with Crippen LogP contribution in [0.5, 0.6) is 0 Å². The molecule has 0 aliphatic carbocycles. The van der Waals surface area contributed by atoms with Gasteiger partial charge in [0.15, 0.2) is 9.84 Å². The van der Waals surface area contributed by atoms with E-state index in [1.807, 2.05) is 0 Å². The maximum Gasteiger partial charge on any atom is 0.326 e. The Bertz CT molecular complexity index is 519. The number of sulfone groups is 1. The molecule has 7 nitrogen and oxygen atoms in total. The SMILES string of the molecule is CC1CS(=O)(=O)CCN1C(=O)N1CCCCCC1C(=O)O. The minimum absolute atomic E-state index is 0.0470. The molecule has 2 amide bonds. The third-order valence-corrected chi connectivity index (χ3v) is 5.99. The number of carboxylic acids is 1. The fraction of sp³-hybridized carbons (Fsp3) is 0.846. The Hall–Kier alpha value is -1.31. The van der Waals surface area contributed by atoms with Crippen LogP contribution in [0.3, 0.4) is 0 Å². The number of amides is 2. The minimum atomic E-state index is -3.09. The van der Waals surface area contributed by atoms with Crippen molar-refractivity contribution in [3.05, 3.63) is 0 Å². The van der Waals surface area contributed by atoms with Crippen LogP contribution in [0.4, 0.5) is 4.79 Å². The second kappa shape index (κ2) is 6.21. The molecule has 0 radical (unpaired) electrons. The average Bonchev–Trinajstić information content (AvgIpc) is 2.62. The molecule has 2 atom stereocenters. The molecule has 2 heterocycles. The summed E-state index contributed by atoms with van der Waals surface area (Å²) in [5.41, 5.74) is 0. The molecule has 21 heavy (non-hydrogen) atoms. The summed E-state index contributed by atoms with van der Waals surface area (Å²) in [5.74, 6) is -1.08. The van der Waals surface area contributed by atoms with E-state index in [-0.39, 0.29) is 24.1 Å². The summed E-state index contributed by atoms with van der Waals surface area (Å²) in [5, 5.41) is 9.32. The molecule has 2 unspecified atom stereocenters. The Morgan fingerprint density at radius 1 is 1.10 bits per heavy atom. The molecular formula is C13H22N2O5S. The summed E-state index contributed by atoms with van der Waals surface area (Å²) in [4.78, 5) is 26.9. The first-order valence-electron chi connectivity index (χ1n) is 7.32. The summed E-state index contributed by atoms with van der Waals surface area (Å²) >= 11 is 0. The van der Waals surface area contributed by atoms with Crippen molar-refractivity contribution in [1.29, 1.82) is 0 Å². The lowest BCUT2D eigenvalue weighted by molar-refractivity contribution is -0.142. The fourth-order valence-corrected chi connectivity index (χ4v) is 4.60. The molecule has 0 aromatic rings. The van der Waals surface area contributed by atoms with Gasteiger partial charge in [0.05, 0.1) is 11.5 Å². The van der Waals surface area contributed by atoms with Crippen LogP contribution < -0.4 is 0 Å². The summed E-state index contributed by atoms with van der Waals surface area (Å²) in [6.45, 7) is 2.26. The molecule has 2 aliphatic rings. The molecule has 0 spiro atoms. The lowest BCUT2D eigenvalue weighted by Gasteiger charge is -2.38. The van der Waals surface area contributed by atoms with Gasteiger partial charge in [0.25, 0.3) is 0 Å². The van der Waals surface area contributed by atoms with Crippen molar-refractivity contribution in [2.45, 2.75) is 44.7 Å². The lowest BCUT2D eigenvalue weighted by Crippen LogP contribution is -2.57. The van der Waals surface area contributed by atoms with E-state index in [2.05, 4.69) is 0 Å². The second-order valence-electron chi connectivity index (χ2n) is 5.84. The van der Waals surface area contributed by atoms with Crippen molar-refractivity contribution in [2.75, 3.05) is 24.6 Å². The zero-order valence-corrected chi connectivity index (χ0v) is 13.0. The number of likely N-dealkylation sites (tertiary alicyclic amines) is 1. The van der Waals surface area contributed by atoms with Gasteiger partial charge in [0, 0.05) is 19.1 Å². The van der Waals surface area contributed by atoms with Gasteiger partial charge in [-0.1, -0.05) is 12.8 Å². The maximum atomic E-state index is 12.6. The Morgan fingerprint density at radius 3 is 2.43 bits per heavy atom. The van der Waals surface area contributed by atoms with Crippen LogP contribution in [-0.2, 0) is 14.6 Å². The van der Waals surface area contributed by atoms with Crippen LogP contribution in [0.25, 0.3) is 0 Å². The van der Waals surface area contributed by atoms with Crippen molar-refractivity contribution in [3.63, 3.8) is 0 Å². The standard InChI is InChI=1S/C13H22N2O5S/c1-10-9-21(19,20)8-7-14(10)13(18)15-6-4-2-3-5-11(15)12(16)17/h10-11H,2-9H2,1H3,(H,16,17). The first-order chi connectivity index (χ1) is 9.82. The van der Waals surface area contributed by atoms with Crippen LogP contribution in [-0.4, -0.2) is 72.0 Å². The largest absolute Gasteiger partial charge is 0.480 e. The minimum Gasteiger partial charge on any atom is -0.480 e. The number of nitrogens with zero attached hydrogens (tertiary/aromatic N) is 2. The number of hydrogen-bond acceptors (Lipinski definition) is 4. The fourth-order valence-electron chi connectivity index (χ4n) is 3.04. The molecule has 0 bridgehead atoms. The monoisotopic (exact) mass is 318 g/mol. The van der Waals surface area contributed by atoms with Gasteiger partial charge in [-0.25, -0.2) is 18.0 Å². The van der Waals surface area contributed by atoms with Crippen LogP contribution in [0, 0.1) is 0 Å². The predicted octanol–water partition coefficient (Wildman–Crippen LogP) is 0.555. The number of rotatable bonds is 1. The predicted molar refractivity (Wildman–Crippen MR) is 76.8 cm³/mol. The molecule has 0 saturated carbocycles. The Kier molecular flexibility index (Phi) is 4.75. The van der Waals surface area contributed by atoms with E-state index in [0.29, 0.717) is 13.0 Å². The number of hydrogen-bond donors (Lipinski definition) is 1. The molecule has 1 N–H and O–H groups in total. The highest BCUT2D eigenvalue weighted by molar-refractivity contribution is 7.91. The Labute approximate surface area is 124 Å². The van der Waals surface area contributed by atoms with Crippen LogP contribution in [0.2, 0.25) is 0 Å². The van der Waals surface area contributed by atoms with E-state index in [9.17, 15) is 23.1 Å². The first-order valence-corrected chi connectivity index (χ1v) is 9.14. The topological polar surface area (TPSA) is 95.0 Å². The molecule has 2 fully saturated rings. The normalized spacial score (nSPS) is 29.8. The van der Waals surface area contributed by atoms with Crippen LogP contribution >= 0.6 is 0 Å². The molecule has 8 heteroatoms. The number of carbonyl (C=O) groups excluding carboxylic acids is 1. The number of carboxylic acid groups (broad SMARTS) is 1. The Balaban J connectivity index is 2.15. The zero-order chi connectivity index (χ0) is 15.6. The van der Waals surface area contributed by atoms with Crippen molar-refractivity contribution in [2.24, 2.45) is 0 Å². The van der Waals surface area contributed by atoms with E-state index in [4.69, 9.17) is 0 Å². The highest BCUT2D eigenvalue weighted by Crippen LogP contribution is 2.21. The van der Waals surface area contributed by atoms with Crippen molar-refractivity contribution < 1.29 is 23.1 Å². The lowest BCUT2D eigenvalue weighted by atomic mass is 10.1. The van der Waals surface area contributed by atoms with E-state index in [1.165, 1.54) is 9.80 Å². The molecule has 2 rings (SSSR count). The highest BCUT2D eigenvalue weighted by Gasteiger charge is 2.38. The third kappa shape index (κ3) is 3.66. The van der Waals surface area contributed by atoms with Crippen LogP contribution in [0.1, 0.15) is 32.6 Å². The van der Waals surface area contributed by atoms with E-state index in [0.717, 1.165) is 19.3 Å². The van der Waals surface area contributed by atoms with Gasteiger partial charge in [0.1, 0.15) is 6.04 Å². The molecule has 2 aliphatic heterocycles. The van der Waals surface area contributed by atoms with E-state index < -0.39 is 27.9 Å². The molecule has 2 saturated heterocycles. The van der Waals surface area contributed by atoms with Crippen molar-refractivity contribution in [3.8, 4) is 0 Å². The summed E-state index contributed by atoms with van der Waals surface area (Å²) < 4.78 is 23.2. The second-order valence-corrected chi connectivity index (χ2v) is 8.06. The number of urea groups is 1. The van der Waals surface area contributed by atoms with Gasteiger partial charge in [-0.15, -0.1) is 0 Å². The van der Waals surface area contributed by atoms with Gasteiger partial charge in [-0.2, -0.15) is 0 Å². The number of aliphatic carboxylic acids is 1. The van der Waals surface area contributed by atoms with Crippen molar-refractivity contribution >= 4 is 21.8 Å². The quantitative estimate of drug-likeness (QED) is 0.762. The zero-order valence-electron chi connectivity index (χ0n) is 12.2. The molecular weight excluding hydrogens is 296 g/mol. The maximum absolute atomic E-state index is 12.6. The van der Waals surface area contributed by atoms with Gasteiger partial charge < -0.3 is 14.9 Å². The number of carbonyl (C=O) groups is 2. The average molecular weight is 318 g/mol. The molecule has 0 aromatic heterocycles. The van der Waals surface area contributed by atoms with Crippen molar-refractivity contribution in [1.82, 2.24) is 9.80 Å². The Morgan fingerprint density at radius 2 is 1.81 bits per heavy atom. The smallest absolute Gasteiger partial charge is 0.326 e. The first kappa shape index (κ1) is 16.1.